The van der Waals surface area contributed by atoms with Crippen LogP contribution in [0, 0.1) is 0 Å². The number of primary amides is 1. The molecule has 0 atom stereocenters. The highest BCUT2D eigenvalue weighted by atomic mass is 16.2. The molecule has 0 bridgehead atoms. The Bertz CT molecular complexity index is 791. The van der Waals surface area contributed by atoms with Crippen molar-refractivity contribution in [1.29, 1.82) is 0 Å². The van der Waals surface area contributed by atoms with Gasteiger partial charge in [-0.1, -0.05) is 33.3 Å². The normalized spacial score (nSPS) is 11.4. The molecule has 1 amide bonds. The molecule has 0 spiro atoms. The zero-order chi connectivity index (χ0) is 18.4. The van der Waals surface area contributed by atoms with Crippen LogP contribution in [0.2, 0.25) is 0 Å². The number of nitrogens with zero attached hydrogens (tertiary/aromatic N) is 2. The van der Waals surface area contributed by atoms with Gasteiger partial charge < -0.3 is 15.2 Å². The molecule has 2 N–H and O–H groups in total. The van der Waals surface area contributed by atoms with Gasteiger partial charge in [-0.05, 0) is 43.6 Å². The van der Waals surface area contributed by atoms with Crippen LogP contribution in [0.5, 0.6) is 0 Å². The molecular weight excluding hydrogens is 314 g/mol. The summed E-state index contributed by atoms with van der Waals surface area (Å²) >= 11 is 0. The number of fused-ring (bicyclic) bond motifs is 1. The number of nitrogens with two attached hydrogens (primary N) is 1. The van der Waals surface area contributed by atoms with Crippen LogP contribution in [0.3, 0.4) is 0 Å². The Labute approximate surface area is 149 Å². The first-order valence-electron chi connectivity index (χ1n) is 9.20. The minimum atomic E-state index is -0.664. The molecular formula is C20H29N3O2. The number of aryl methyl sites for hydroxylation is 1. The predicted octanol–water partition coefficient (Wildman–Crippen LogP) is 2.78. The Morgan fingerprint density at radius 3 is 2.52 bits per heavy atom. The molecule has 0 saturated carbocycles. The summed E-state index contributed by atoms with van der Waals surface area (Å²) in [5.41, 5.74) is 7.28. The zero-order valence-corrected chi connectivity index (χ0v) is 15.5. The van der Waals surface area contributed by atoms with Crippen molar-refractivity contribution in [2.75, 3.05) is 19.6 Å². The maximum Gasteiger partial charge on any atom is 0.254 e. The van der Waals surface area contributed by atoms with Crippen molar-refractivity contribution >= 4 is 16.8 Å². The van der Waals surface area contributed by atoms with E-state index < -0.39 is 5.91 Å². The fraction of sp³-hybridized carbons (Fsp3) is 0.500. The number of carbonyl (C=O) groups excluding carboxylic acids is 1. The molecule has 0 aliphatic carbocycles. The van der Waals surface area contributed by atoms with Gasteiger partial charge in [0.25, 0.3) is 5.91 Å². The molecule has 5 nitrogen and oxygen atoms in total. The van der Waals surface area contributed by atoms with Gasteiger partial charge >= 0.3 is 0 Å². The van der Waals surface area contributed by atoms with E-state index in [1.54, 1.807) is 6.20 Å². The van der Waals surface area contributed by atoms with E-state index in [0.717, 1.165) is 51.0 Å². The summed E-state index contributed by atoms with van der Waals surface area (Å²) < 4.78 is 2.00. The van der Waals surface area contributed by atoms with Crippen molar-refractivity contribution in [1.82, 2.24) is 9.47 Å². The number of unbranched alkanes of at least 4 members (excludes halogenated alkanes) is 1. The monoisotopic (exact) mass is 343 g/mol. The highest BCUT2D eigenvalue weighted by molar-refractivity contribution is 5.96. The van der Waals surface area contributed by atoms with Gasteiger partial charge in [-0.3, -0.25) is 9.59 Å². The van der Waals surface area contributed by atoms with Crippen LogP contribution in [0.4, 0.5) is 0 Å². The third-order valence-electron chi connectivity index (χ3n) is 4.77. The summed E-state index contributed by atoms with van der Waals surface area (Å²) in [6.07, 6.45) is 4.59. The van der Waals surface area contributed by atoms with E-state index in [1.807, 2.05) is 16.7 Å². The molecule has 2 aromatic rings. The second-order valence-electron chi connectivity index (χ2n) is 6.41. The van der Waals surface area contributed by atoms with E-state index in [2.05, 4.69) is 31.7 Å². The largest absolute Gasteiger partial charge is 0.365 e. The molecule has 1 heterocycles. The minimum absolute atomic E-state index is 0.0690. The molecule has 0 unspecified atom stereocenters. The number of rotatable bonds is 9. The molecule has 0 fully saturated rings. The minimum Gasteiger partial charge on any atom is -0.365 e. The first-order chi connectivity index (χ1) is 12.0. The molecule has 136 valence electrons. The van der Waals surface area contributed by atoms with E-state index >= 15 is 0 Å². The second-order valence-corrected chi connectivity index (χ2v) is 6.41. The maximum absolute atomic E-state index is 12.5. The summed E-state index contributed by atoms with van der Waals surface area (Å²) in [5.74, 6) is -0.664. The van der Waals surface area contributed by atoms with E-state index in [4.69, 9.17) is 5.73 Å². The third kappa shape index (κ3) is 4.48. The van der Waals surface area contributed by atoms with Crippen molar-refractivity contribution < 1.29 is 4.79 Å². The highest BCUT2D eigenvalue weighted by Gasteiger charge is 2.13. The Balaban J connectivity index is 2.46. The van der Waals surface area contributed by atoms with Crippen molar-refractivity contribution in [2.45, 2.75) is 46.6 Å². The van der Waals surface area contributed by atoms with Crippen LogP contribution in [0.1, 0.15) is 49.5 Å². The van der Waals surface area contributed by atoms with Crippen LogP contribution >= 0.6 is 0 Å². The van der Waals surface area contributed by atoms with Gasteiger partial charge in [-0.2, -0.15) is 0 Å². The van der Waals surface area contributed by atoms with Crippen molar-refractivity contribution in [3.63, 3.8) is 0 Å². The predicted molar refractivity (Wildman–Crippen MR) is 103 cm³/mol. The number of pyridine rings is 1. The first-order valence-corrected chi connectivity index (χ1v) is 9.20. The number of likely N-dealkylation sites (N-methyl/N-ethyl adjacent to an activating group) is 1. The van der Waals surface area contributed by atoms with Gasteiger partial charge in [0.05, 0.1) is 5.52 Å². The molecule has 0 aliphatic heterocycles. The van der Waals surface area contributed by atoms with E-state index in [-0.39, 0.29) is 11.0 Å². The molecule has 1 aromatic carbocycles. The molecule has 0 radical (unpaired) electrons. The molecule has 0 saturated heterocycles. The number of hydrogen-bond acceptors (Lipinski definition) is 3. The Hall–Kier alpha value is -2.14. The van der Waals surface area contributed by atoms with Crippen molar-refractivity contribution in [3.8, 4) is 0 Å². The summed E-state index contributed by atoms with van der Waals surface area (Å²) in [6.45, 7) is 10.3. The SMILES string of the molecule is CCCCn1cc(C(N)=O)c(=O)c2ccc(CCN(CC)CC)cc21. The van der Waals surface area contributed by atoms with Gasteiger partial charge in [0.2, 0.25) is 5.43 Å². The van der Waals surface area contributed by atoms with E-state index in [9.17, 15) is 9.59 Å². The Kier molecular flexibility index (Phi) is 6.76. The second kappa shape index (κ2) is 8.81. The van der Waals surface area contributed by atoms with Gasteiger partial charge in [0.1, 0.15) is 5.56 Å². The van der Waals surface area contributed by atoms with Crippen molar-refractivity contribution in [3.05, 3.63) is 45.7 Å². The smallest absolute Gasteiger partial charge is 0.254 e. The molecule has 5 heteroatoms. The van der Waals surface area contributed by atoms with Gasteiger partial charge in [0, 0.05) is 24.7 Å². The lowest BCUT2D eigenvalue weighted by Gasteiger charge is -2.18. The first kappa shape index (κ1) is 19.2. The van der Waals surface area contributed by atoms with Crippen LogP contribution in [-0.2, 0) is 13.0 Å². The average molecular weight is 343 g/mol. The van der Waals surface area contributed by atoms with Gasteiger partial charge in [0.15, 0.2) is 0 Å². The fourth-order valence-corrected chi connectivity index (χ4v) is 3.11. The topological polar surface area (TPSA) is 68.3 Å². The molecule has 2 rings (SSSR count). The summed E-state index contributed by atoms with van der Waals surface area (Å²) in [4.78, 5) is 26.5. The van der Waals surface area contributed by atoms with E-state index in [0.29, 0.717) is 5.39 Å². The van der Waals surface area contributed by atoms with Gasteiger partial charge in [-0.25, -0.2) is 0 Å². The number of hydrogen-bond donors (Lipinski definition) is 1. The van der Waals surface area contributed by atoms with Crippen molar-refractivity contribution in [2.24, 2.45) is 5.73 Å². The quantitative estimate of drug-likeness (QED) is 0.761. The fourth-order valence-electron chi connectivity index (χ4n) is 3.11. The summed E-state index contributed by atoms with van der Waals surface area (Å²) in [6, 6.07) is 5.91. The average Bonchev–Trinajstić information content (AvgIpc) is 2.61. The van der Waals surface area contributed by atoms with Crippen LogP contribution in [0.15, 0.2) is 29.2 Å². The number of carbonyl (C=O) groups is 1. The number of benzene rings is 1. The lowest BCUT2D eigenvalue weighted by Crippen LogP contribution is -2.25. The Morgan fingerprint density at radius 1 is 1.20 bits per heavy atom. The Morgan fingerprint density at radius 2 is 1.92 bits per heavy atom. The summed E-state index contributed by atoms with van der Waals surface area (Å²) in [5, 5.41) is 0.569. The zero-order valence-electron chi connectivity index (χ0n) is 15.5. The lowest BCUT2D eigenvalue weighted by atomic mass is 10.1. The highest BCUT2D eigenvalue weighted by Crippen LogP contribution is 2.16. The maximum atomic E-state index is 12.5. The number of aromatic nitrogens is 1. The van der Waals surface area contributed by atoms with Gasteiger partial charge in [-0.15, -0.1) is 0 Å². The molecule has 25 heavy (non-hydrogen) atoms. The van der Waals surface area contributed by atoms with Crippen LogP contribution < -0.4 is 11.2 Å². The lowest BCUT2D eigenvalue weighted by molar-refractivity contribution is 0.0998. The number of amides is 1. The van der Waals surface area contributed by atoms with E-state index in [1.165, 1.54) is 5.56 Å². The molecule has 1 aromatic heterocycles. The molecule has 0 aliphatic rings. The van der Waals surface area contributed by atoms with Crippen LogP contribution in [0.25, 0.3) is 10.9 Å². The third-order valence-corrected chi connectivity index (χ3v) is 4.77. The summed E-state index contributed by atoms with van der Waals surface area (Å²) in [7, 11) is 0. The standard InChI is InChI=1S/C20H29N3O2/c1-4-7-11-23-14-17(20(21)25)19(24)16-9-8-15(13-18(16)23)10-12-22(5-2)6-3/h8-9,13-14H,4-7,10-12H2,1-3H3,(H2,21,25). The van der Waals surface area contributed by atoms with Crippen LogP contribution in [-0.4, -0.2) is 35.0 Å².